The molecule has 2 unspecified atom stereocenters. The lowest BCUT2D eigenvalue weighted by molar-refractivity contribution is -0.889. The van der Waals surface area contributed by atoms with Gasteiger partial charge in [-0.05, 0) is 38.5 Å². The number of nitrogens with zero attached hydrogens (tertiary/aromatic N) is 1. The Balaban J connectivity index is 4.35. The van der Waals surface area contributed by atoms with E-state index in [0.717, 1.165) is 44.9 Å². The first-order valence-electron chi connectivity index (χ1n) is 23.8. The molecule has 0 saturated carbocycles. The van der Waals surface area contributed by atoms with Crippen molar-refractivity contribution in [2.24, 2.45) is 0 Å². The van der Waals surface area contributed by atoms with Gasteiger partial charge in [0.05, 0.1) is 46.7 Å². The number of allylic oxidation sites excluding steroid dienone is 9. The van der Waals surface area contributed by atoms with Crippen molar-refractivity contribution in [2.75, 3.05) is 41.0 Å². The van der Waals surface area contributed by atoms with Crippen LogP contribution in [0.4, 0.5) is 0 Å². The van der Waals surface area contributed by atoms with Crippen LogP contribution in [0.1, 0.15) is 194 Å². The molecule has 0 aliphatic heterocycles. The van der Waals surface area contributed by atoms with Crippen molar-refractivity contribution >= 4 is 17.9 Å². The summed E-state index contributed by atoms with van der Waals surface area (Å²) in [6, 6.07) is -0.742. The second-order valence-electron chi connectivity index (χ2n) is 17.0. The van der Waals surface area contributed by atoms with E-state index >= 15 is 0 Å². The number of likely N-dealkylation sites (N-methyl/N-ethyl adjacent to an activating group) is 1. The highest BCUT2D eigenvalue weighted by molar-refractivity contribution is 5.71. The predicted molar refractivity (Wildman–Crippen MR) is 245 cm³/mol. The van der Waals surface area contributed by atoms with Crippen LogP contribution in [0.5, 0.6) is 0 Å². The fraction of sp³-hybridized carbons (Fsp3) is 0.745. The molecule has 0 bridgehead atoms. The number of hydrogen-bond acceptors (Lipinski definition) is 7. The quantitative estimate of drug-likeness (QED) is 0.0261. The number of carboxylic acids is 1. The molecule has 0 aromatic rings. The van der Waals surface area contributed by atoms with Crippen LogP contribution in [-0.2, 0) is 28.6 Å². The highest BCUT2D eigenvalue weighted by Crippen LogP contribution is 2.16. The zero-order valence-electron chi connectivity index (χ0n) is 38.7. The van der Waals surface area contributed by atoms with Crippen LogP contribution >= 0.6 is 0 Å². The van der Waals surface area contributed by atoms with E-state index in [2.05, 4.69) is 62.5 Å². The third kappa shape index (κ3) is 40.2. The molecule has 0 rings (SSSR count). The van der Waals surface area contributed by atoms with Gasteiger partial charge in [-0.25, -0.2) is 0 Å². The van der Waals surface area contributed by atoms with Gasteiger partial charge in [0, 0.05) is 12.8 Å². The SMILES string of the molecule is CC/C=C\C/C=C\C/C=C\C/C=C\C/C=C\CC(=O)OC(COCCC(C(=O)[O-])[N+](C)(C)C)COC(=O)CCCCCCCCCCCCCCCCCCCCCC. The Morgan fingerprint density at radius 2 is 0.932 bits per heavy atom. The van der Waals surface area contributed by atoms with Crippen LogP contribution in [0.3, 0.4) is 0 Å². The Labute approximate surface area is 362 Å². The zero-order valence-corrected chi connectivity index (χ0v) is 38.7. The molecule has 0 N–H and O–H groups in total. The molecule has 0 aromatic carbocycles. The van der Waals surface area contributed by atoms with Gasteiger partial charge in [-0.15, -0.1) is 0 Å². The Hall–Kier alpha value is -2.97. The van der Waals surface area contributed by atoms with Gasteiger partial charge in [0.25, 0.3) is 0 Å². The monoisotopic (exact) mass is 828 g/mol. The van der Waals surface area contributed by atoms with Crippen molar-refractivity contribution in [2.45, 2.75) is 206 Å². The lowest BCUT2D eigenvalue weighted by Crippen LogP contribution is -2.55. The fourth-order valence-electron chi connectivity index (χ4n) is 6.79. The highest BCUT2D eigenvalue weighted by atomic mass is 16.6. The van der Waals surface area contributed by atoms with Gasteiger partial charge in [-0.2, -0.15) is 0 Å². The first kappa shape index (κ1) is 56.0. The number of rotatable bonds is 42. The molecule has 8 heteroatoms. The maximum Gasteiger partial charge on any atom is 0.310 e. The molecule has 0 aliphatic rings. The van der Waals surface area contributed by atoms with E-state index in [1.807, 2.05) is 6.08 Å². The second-order valence-corrected chi connectivity index (χ2v) is 17.0. The average Bonchev–Trinajstić information content (AvgIpc) is 3.19. The maximum atomic E-state index is 12.7. The van der Waals surface area contributed by atoms with Crippen LogP contribution in [0.25, 0.3) is 0 Å². The van der Waals surface area contributed by atoms with E-state index in [1.165, 1.54) is 109 Å². The minimum Gasteiger partial charge on any atom is -0.544 e. The smallest absolute Gasteiger partial charge is 0.310 e. The molecule has 0 radical (unpaired) electrons. The van der Waals surface area contributed by atoms with Gasteiger partial charge in [0.15, 0.2) is 6.10 Å². The summed E-state index contributed by atoms with van der Waals surface area (Å²) in [5.74, 6) is -1.89. The Bertz CT molecular complexity index is 1150. The third-order valence-electron chi connectivity index (χ3n) is 10.5. The van der Waals surface area contributed by atoms with Crippen molar-refractivity contribution in [1.82, 2.24) is 0 Å². The molecule has 0 fully saturated rings. The molecular formula is C51H89NO7. The topological polar surface area (TPSA) is 102 Å². The number of esters is 2. The normalized spacial score (nSPS) is 13.4. The van der Waals surface area contributed by atoms with Crippen LogP contribution < -0.4 is 5.11 Å². The molecule has 0 aromatic heterocycles. The number of carboxylic acid groups (broad SMARTS) is 1. The average molecular weight is 828 g/mol. The van der Waals surface area contributed by atoms with E-state index in [4.69, 9.17) is 14.2 Å². The Kier molecular flexibility index (Phi) is 39.6. The number of ether oxygens (including phenoxy) is 3. The van der Waals surface area contributed by atoms with Crippen molar-refractivity contribution in [3.63, 3.8) is 0 Å². The van der Waals surface area contributed by atoms with Crippen LogP contribution in [0.2, 0.25) is 0 Å². The largest absolute Gasteiger partial charge is 0.544 e. The number of carbonyl (C=O) groups excluding carboxylic acids is 3. The standard InChI is InChI=1S/C51H89NO7/c1-6-8-10-12-14-16-18-20-22-23-24-25-26-28-29-31-33-35-37-39-41-49(53)58-46-47(45-57-44-43-48(51(55)56)52(3,4)5)59-50(54)42-40-38-36-34-32-30-27-21-19-17-15-13-11-9-7-2/h9,11,15,17,21,27,32,34,38,40,47-48H,6-8,10,12-14,16,18-20,22-26,28-31,33,35-37,39,41-46H2,1-5H3/b11-9-,17-15-,27-21-,34-32-,40-38-. The van der Waals surface area contributed by atoms with E-state index in [9.17, 15) is 19.5 Å². The van der Waals surface area contributed by atoms with Crippen molar-refractivity contribution < 1.29 is 38.2 Å². The summed E-state index contributed by atoms with van der Waals surface area (Å²) >= 11 is 0. The van der Waals surface area contributed by atoms with Crippen molar-refractivity contribution in [3.05, 3.63) is 60.8 Å². The molecular weight excluding hydrogens is 739 g/mol. The lowest BCUT2D eigenvalue weighted by atomic mass is 10.0. The van der Waals surface area contributed by atoms with E-state index in [1.54, 1.807) is 27.2 Å². The minimum atomic E-state index is -1.14. The van der Waals surface area contributed by atoms with Gasteiger partial charge in [0.1, 0.15) is 12.6 Å². The molecule has 2 atom stereocenters. The van der Waals surface area contributed by atoms with Gasteiger partial charge in [-0.3, -0.25) is 9.59 Å². The summed E-state index contributed by atoms with van der Waals surface area (Å²) in [4.78, 5) is 36.9. The number of carbonyl (C=O) groups is 3. The fourth-order valence-corrected chi connectivity index (χ4v) is 6.79. The number of quaternary nitrogens is 1. The summed E-state index contributed by atoms with van der Waals surface area (Å²) < 4.78 is 17.1. The second kappa shape index (κ2) is 41.8. The molecule has 0 saturated heterocycles. The molecule has 0 heterocycles. The van der Waals surface area contributed by atoms with Gasteiger partial charge < -0.3 is 28.6 Å². The minimum absolute atomic E-state index is 0.000898. The third-order valence-corrected chi connectivity index (χ3v) is 10.5. The molecule has 340 valence electrons. The van der Waals surface area contributed by atoms with Crippen LogP contribution in [-0.4, -0.2) is 75.5 Å². The zero-order chi connectivity index (χ0) is 43.5. The maximum absolute atomic E-state index is 12.7. The highest BCUT2D eigenvalue weighted by Gasteiger charge is 2.25. The van der Waals surface area contributed by atoms with Crippen LogP contribution in [0, 0.1) is 0 Å². The van der Waals surface area contributed by atoms with Gasteiger partial charge in [0.2, 0.25) is 0 Å². The number of unbranched alkanes of at least 4 members (excludes halogenated alkanes) is 19. The molecule has 8 nitrogen and oxygen atoms in total. The van der Waals surface area contributed by atoms with Crippen molar-refractivity contribution in [3.8, 4) is 0 Å². The predicted octanol–water partition coefficient (Wildman–Crippen LogP) is 12.0. The Morgan fingerprint density at radius 1 is 0.525 bits per heavy atom. The van der Waals surface area contributed by atoms with E-state index < -0.39 is 24.1 Å². The lowest BCUT2D eigenvalue weighted by Gasteiger charge is -2.34. The van der Waals surface area contributed by atoms with E-state index in [-0.39, 0.29) is 43.1 Å². The first-order chi connectivity index (χ1) is 28.6. The summed E-state index contributed by atoms with van der Waals surface area (Å²) in [5, 5.41) is 11.6. The van der Waals surface area contributed by atoms with E-state index in [0.29, 0.717) is 12.8 Å². The summed E-state index contributed by atoms with van der Waals surface area (Å²) in [7, 11) is 5.38. The molecule has 0 amide bonds. The summed E-state index contributed by atoms with van der Waals surface area (Å²) in [6.07, 6.45) is 51.4. The first-order valence-corrected chi connectivity index (χ1v) is 23.8. The summed E-state index contributed by atoms with van der Waals surface area (Å²) in [5.41, 5.74) is 0. The molecule has 0 aliphatic carbocycles. The molecule has 59 heavy (non-hydrogen) atoms. The number of hydrogen-bond donors (Lipinski definition) is 0. The van der Waals surface area contributed by atoms with Gasteiger partial charge >= 0.3 is 11.9 Å². The summed E-state index contributed by atoms with van der Waals surface area (Å²) in [6.45, 7) is 4.45. The van der Waals surface area contributed by atoms with Gasteiger partial charge in [-0.1, -0.05) is 197 Å². The molecule has 0 spiro atoms. The van der Waals surface area contributed by atoms with Crippen molar-refractivity contribution in [1.29, 1.82) is 0 Å². The number of aliphatic carboxylic acids is 1. The van der Waals surface area contributed by atoms with Crippen LogP contribution in [0.15, 0.2) is 60.8 Å². The Morgan fingerprint density at radius 3 is 1.34 bits per heavy atom.